The van der Waals surface area contributed by atoms with E-state index in [0.717, 1.165) is 55.3 Å². The molecule has 0 aliphatic carbocycles. The second kappa shape index (κ2) is 9.59. The summed E-state index contributed by atoms with van der Waals surface area (Å²) in [5.74, 6) is 1.80. The largest absolute Gasteiger partial charge is 0.497 e. The number of hydrogen-bond donors (Lipinski definition) is 1. The second-order valence-corrected chi connectivity index (χ2v) is 7.04. The lowest BCUT2D eigenvalue weighted by Gasteiger charge is -2.24. The summed E-state index contributed by atoms with van der Waals surface area (Å²) >= 11 is 6.17. The van der Waals surface area contributed by atoms with Crippen LogP contribution < -0.4 is 15.0 Å². The molecule has 8 heteroatoms. The van der Waals surface area contributed by atoms with Crippen molar-refractivity contribution in [2.24, 2.45) is 0 Å². The minimum atomic E-state index is 0.187. The molecule has 0 bridgehead atoms. The number of benzene rings is 1. The normalized spacial score (nSPS) is 14.5. The number of rotatable bonds is 6. The molecule has 1 aromatic heterocycles. The highest BCUT2D eigenvalue weighted by Crippen LogP contribution is 2.29. The zero-order valence-corrected chi connectivity index (χ0v) is 17.1. The molecule has 0 unspecified atom stereocenters. The standard InChI is InChI=1S/C20H26ClN5O2/c1-22-18-19(21)23-14-24-20(18)26-11-3-10-25(12-13-26)17(27)9-6-15-4-7-16(28-2)8-5-15/h4-5,7-8,14,22H,3,6,9-13H2,1-2H3. The third-order valence-electron chi connectivity index (χ3n) is 4.97. The summed E-state index contributed by atoms with van der Waals surface area (Å²) in [6, 6.07) is 7.87. The van der Waals surface area contributed by atoms with E-state index in [1.807, 2.05) is 29.2 Å². The van der Waals surface area contributed by atoms with Crippen molar-refractivity contribution in [2.75, 3.05) is 50.6 Å². The fourth-order valence-corrected chi connectivity index (χ4v) is 3.61. The Morgan fingerprint density at radius 1 is 1.18 bits per heavy atom. The number of aryl methyl sites for hydroxylation is 1. The number of halogens is 1. The highest BCUT2D eigenvalue weighted by atomic mass is 35.5. The van der Waals surface area contributed by atoms with Gasteiger partial charge in [0.2, 0.25) is 5.91 Å². The Balaban J connectivity index is 1.57. The van der Waals surface area contributed by atoms with E-state index >= 15 is 0 Å². The fourth-order valence-electron chi connectivity index (χ4n) is 3.39. The molecule has 0 spiro atoms. The lowest BCUT2D eigenvalue weighted by Crippen LogP contribution is -2.35. The predicted molar refractivity (Wildman–Crippen MR) is 111 cm³/mol. The molecule has 28 heavy (non-hydrogen) atoms. The second-order valence-electron chi connectivity index (χ2n) is 6.68. The molecule has 7 nitrogen and oxygen atoms in total. The van der Waals surface area contributed by atoms with Crippen molar-refractivity contribution in [2.45, 2.75) is 19.3 Å². The van der Waals surface area contributed by atoms with Gasteiger partial charge in [0.05, 0.1) is 7.11 Å². The first-order chi connectivity index (χ1) is 13.6. The van der Waals surface area contributed by atoms with Crippen LogP contribution in [0.1, 0.15) is 18.4 Å². The highest BCUT2D eigenvalue weighted by molar-refractivity contribution is 6.32. The Kier molecular flexibility index (Phi) is 6.92. The number of hydrogen-bond acceptors (Lipinski definition) is 6. The molecule has 0 saturated carbocycles. The number of anilines is 2. The van der Waals surface area contributed by atoms with Gasteiger partial charge in [-0.2, -0.15) is 0 Å². The van der Waals surface area contributed by atoms with Crippen LogP contribution in [0.25, 0.3) is 0 Å². The van der Waals surface area contributed by atoms with E-state index < -0.39 is 0 Å². The number of carbonyl (C=O) groups excluding carboxylic acids is 1. The van der Waals surface area contributed by atoms with E-state index in [0.29, 0.717) is 18.1 Å². The van der Waals surface area contributed by atoms with Crippen molar-refractivity contribution in [3.8, 4) is 5.75 Å². The first kappa shape index (κ1) is 20.2. The van der Waals surface area contributed by atoms with E-state index in [9.17, 15) is 4.79 Å². The maximum absolute atomic E-state index is 12.7. The topological polar surface area (TPSA) is 70.6 Å². The highest BCUT2D eigenvalue weighted by Gasteiger charge is 2.22. The molecule has 2 heterocycles. The molecular weight excluding hydrogens is 378 g/mol. The van der Waals surface area contributed by atoms with Crippen LogP contribution in [0.15, 0.2) is 30.6 Å². The maximum atomic E-state index is 12.7. The third kappa shape index (κ3) is 4.84. The Morgan fingerprint density at radius 3 is 2.68 bits per heavy atom. The summed E-state index contributed by atoms with van der Waals surface area (Å²) in [6.45, 7) is 2.97. The van der Waals surface area contributed by atoms with Gasteiger partial charge >= 0.3 is 0 Å². The molecule has 1 aliphatic heterocycles. The molecule has 3 rings (SSSR count). The van der Waals surface area contributed by atoms with Gasteiger partial charge in [-0.15, -0.1) is 0 Å². The van der Waals surface area contributed by atoms with Crippen LogP contribution in [0, 0.1) is 0 Å². The quantitative estimate of drug-likeness (QED) is 0.748. The lowest BCUT2D eigenvalue weighted by atomic mass is 10.1. The molecule has 1 fully saturated rings. The minimum Gasteiger partial charge on any atom is -0.497 e. The van der Waals surface area contributed by atoms with Gasteiger partial charge in [0.15, 0.2) is 11.0 Å². The van der Waals surface area contributed by atoms with Crippen molar-refractivity contribution >= 4 is 29.0 Å². The van der Waals surface area contributed by atoms with Crippen molar-refractivity contribution < 1.29 is 9.53 Å². The van der Waals surface area contributed by atoms with Crippen LogP contribution in [0.2, 0.25) is 5.15 Å². The molecule has 0 radical (unpaired) electrons. The average molecular weight is 404 g/mol. The maximum Gasteiger partial charge on any atom is 0.222 e. The van der Waals surface area contributed by atoms with Gasteiger partial charge < -0.3 is 19.9 Å². The van der Waals surface area contributed by atoms with Crippen molar-refractivity contribution in [1.82, 2.24) is 14.9 Å². The van der Waals surface area contributed by atoms with Crippen LogP contribution in [0.4, 0.5) is 11.5 Å². The molecule has 150 valence electrons. The van der Waals surface area contributed by atoms with Gasteiger partial charge in [0.1, 0.15) is 17.8 Å². The number of ether oxygens (including phenoxy) is 1. The number of amides is 1. The first-order valence-corrected chi connectivity index (χ1v) is 9.84. The molecule has 1 aliphatic rings. The van der Waals surface area contributed by atoms with Gasteiger partial charge in [-0.1, -0.05) is 23.7 Å². The van der Waals surface area contributed by atoms with E-state index in [-0.39, 0.29) is 5.91 Å². The van der Waals surface area contributed by atoms with Gasteiger partial charge in [-0.3, -0.25) is 4.79 Å². The predicted octanol–water partition coefficient (Wildman–Crippen LogP) is 2.85. The number of aromatic nitrogens is 2. The number of nitrogens with one attached hydrogen (secondary N) is 1. The van der Waals surface area contributed by atoms with Gasteiger partial charge in [-0.25, -0.2) is 9.97 Å². The van der Waals surface area contributed by atoms with Crippen molar-refractivity contribution in [1.29, 1.82) is 0 Å². The van der Waals surface area contributed by atoms with Crippen LogP contribution in [-0.2, 0) is 11.2 Å². The Morgan fingerprint density at radius 2 is 1.96 bits per heavy atom. The van der Waals surface area contributed by atoms with E-state index in [1.165, 1.54) is 6.33 Å². The summed E-state index contributed by atoms with van der Waals surface area (Å²) in [6.07, 6.45) is 3.60. The zero-order valence-electron chi connectivity index (χ0n) is 16.3. The molecule has 1 amide bonds. The smallest absolute Gasteiger partial charge is 0.222 e. The van der Waals surface area contributed by atoms with E-state index in [2.05, 4.69) is 20.2 Å². The van der Waals surface area contributed by atoms with Gasteiger partial charge in [0.25, 0.3) is 0 Å². The monoisotopic (exact) mass is 403 g/mol. The summed E-state index contributed by atoms with van der Waals surface area (Å²) in [5.41, 5.74) is 1.86. The fraction of sp³-hybridized carbons (Fsp3) is 0.450. The third-order valence-corrected chi connectivity index (χ3v) is 5.25. The molecule has 1 N–H and O–H groups in total. The van der Waals surface area contributed by atoms with Crippen molar-refractivity contribution in [3.63, 3.8) is 0 Å². The minimum absolute atomic E-state index is 0.187. The SMILES string of the molecule is CNc1c(Cl)ncnc1N1CCCN(C(=O)CCc2ccc(OC)cc2)CC1. The molecule has 2 aromatic rings. The molecule has 1 saturated heterocycles. The molecule has 0 atom stereocenters. The Bertz CT molecular complexity index is 800. The summed E-state index contributed by atoms with van der Waals surface area (Å²) in [7, 11) is 3.46. The van der Waals surface area contributed by atoms with Crippen LogP contribution >= 0.6 is 11.6 Å². The lowest BCUT2D eigenvalue weighted by molar-refractivity contribution is -0.130. The summed E-state index contributed by atoms with van der Waals surface area (Å²) in [5, 5.41) is 3.48. The molecule has 1 aromatic carbocycles. The average Bonchev–Trinajstić information content (AvgIpc) is 2.98. The van der Waals surface area contributed by atoms with Crippen LogP contribution in [0.5, 0.6) is 5.75 Å². The van der Waals surface area contributed by atoms with Crippen molar-refractivity contribution in [3.05, 3.63) is 41.3 Å². The number of nitrogens with zero attached hydrogens (tertiary/aromatic N) is 4. The van der Waals surface area contributed by atoms with Crippen LogP contribution in [-0.4, -0.2) is 61.1 Å². The van der Waals surface area contributed by atoms with Gasteiger partial charge in [-0.05, 0) is 30.5 Å². The summed E-state index contributed by atoms with van der Waals surface area (Å²) < 4.78 is 5.17. The first-order valence-electron chi connectivity index (χ1n) is 9.46. The van der Waals surface area contributed by atoms with Gasteiger partial charge in [0, 0.05) is 39.6 Å². The number of methoxy groups -OCH3 is 1. The molecular formula is C20H26ClN5O2. The van der Waals surface area contributed by atoms with E-state index in [4.69, 9.17) is 16.3 Å². The summed E-state index contributed by atoms with van der Waals surface area (Å²) in [4.78, 5) is 25.2. The Hall–Kier alpha value is -2.54. The van der Waals surface area contributed by atoms with Crippen LogP contribution in [0.3, 0.4) is 0 Å². The van der Waals surface area contributed by atoms with E-state index in [1.54, 1.807) is 14.2 Å². The number of carbonyl (C=O) groups is 1. The Labute approximate surface area is 170 Å². The zero-order chi connectivity index (χ0) is 19.9.